The Hall–Kier alpha value is -0.760. The van der Waals surface area contributed by atoms with E-state index in [1.807, 2.05) is 6.08 Å². The molecule has 0 N–H and O–H groups in total. The van der Waals surface area contributed by atoms with Gasteiger partial charge < -0.3 is 12.4 Å². The first kappa shape index (κ1) is 14.2. The molecule has 1 aromatic heterocycles. The molecule has 86 valence electrons. The van der Waals surface area contributed by atoms with Crippen LogP contribution in [0.25, 0.3) is 0 Å². The lowest BCUT2D eigenvalue weighted by Gasteiger charge is -1.95. The first-order valence-electron chi connectivity index (χ1n) is 5.52. The molecule has 0 saturated heterocycles. The van der Waals surface area contributed by atoms with Crippen LogP contribution in [0.4, 0.5) is 0 Å². The van der Waals surface area contributed by atoms with Crippen molar-refractivity contribution in [2.75, 3.05) is 0 Å². The number of allylic oxidation sites excluding steroid dienone is 1. The van der Waals surface area contributed by atoms with Crippen molar-refractivity contribution in [2.24, 2.45) is 0 Å². The first-order valence-corrected chi connectivity index (χ1v) is 5.52. The van der Waals surface area contributed by atoms with Crippen molar-refractivity contribution in [3.63, 3.8) is 0 Å². The Balaban J connectivity index is 0.00000196. The van der Waals surface area contributed by atoms with Crippen LogP contribution in [0, 0.1) is 0 Å². The molecule has 0 aliphatic carbocycles. The number of hydrogen-bond donors (Lipinski definition) is 0. The Morgan fingerprint density at radius 2 is 2.13 bits per heavy atom. The first-order chi connectivity index (χ1) is 6.86. The zero-order chi connectivity index (χ0) is 10.2. The zero-order valence-electron chi connectivity index (χ0n) is 9.53. The molecule has 0 atom stereocenters. The molecule has 0 bridgehead atoms. The van der Waals surface area contributed by atoms with Crippen molar-refractivity contribution in [1.29, 1.82) is 0 Å². The van der Waals surface area contributed by atoms with Gasteiger partial charge in [0, 0.05) is 0 Å². The minimum atomic E-state index is 0. The van der Waals surface area contributed by atoms with Gasteiger partial charge in [0.2, 0.25) is 6.33 Å². The van der Waals surface area contributed by atoms with Crippen LogP contribution in [-0.4, -0.2) is 4.57 Å². The highest BCUT2D eigenvalue weighted by Crippen LogP contribution is 1.98. The minimum Gasteiger partial charge on any atom is -1.00 e. The monoisotopic (exact) mass is 228 g/mol. The molecule has 0 aliphatic heterocycles. The van der Waals surface area contributed by atoms with Gasteiger partial charge in [0.15, 0.2) is 0 Å². The number of imidazole rings is 1. The molecule has 2 nitrogen and oxygen atoms in total. The summed E-state index contributed by atoms with van der Waals surface area (Å²) in [5, 5.41) is 0. The molecule has 0 saturated carbocycles. The number of rotatable bonds is 7. The predicted octanol–water partition coefficient (Wildman–Crippen LogP) is -0.454. The third-order valence-electron chi connectivity index (χ3n) is 2.36. The van der Waals surface area contributed by atoms with E-state index in [-0.39, 0.29) is 12.4 Å². The van der Waals surface area contributed by atoms with Crippen molar-refractivity contribution in [3.05, 3.63) is 31.4 Å². The van der Waals surface area contributed by atoms with Gasteiger partial charge in [-0.2, -0.15) is 0 Å². The van der Waals surface area contributed by atoms with E-state index in [2.05, 4.69) is 41.4 Å². The van der Waals surface area contributed by atoms with Crippen LogP contribution >= 0.6 is 0 Å². The molecule has 3 heteroatoms. The second kappa shape index (κ2) is 8.54. The van der Waals surface area contributed by atoms with Crippen LogP contribution < -0.4 is 17.0 Å². The molecule has 1 heterocycles. The highest BCUT2D eigenvalue weighted by atomic mass is 35.5. The topological polar surface area (TPSA) is 8.81 Å². The largest absolute Gasteiger partial charge is 1.00 e. The van der Waals surface area contributed by atoms with E-state index >= 15 is 0 Å². The van der Waals surface area contributed by atoms with E-state index in [0.29, 0.717) is 0 Å². The molecule has 0 aliphatic rings. The predicted molar refractivity (Wildman–Crippen MR) is 59.0 cm³/mol. The van der Waals surface area contributed by atoms with Crippen LogP contribution in [0.1, 0.15) is 32.6 Å². The molecular formula is C12H21ClN2. The second-order valence-corrected chi connectivity index (χ2v) is 3.70. The summed E-state index contributed by atoms with van der Waals surface area (Å²) in [6.07, 6.45) is 13.6. The highest BCUT2D eigenvalue weighted by molar-refractivity contribution is 4.73. The Bertz CT molecular complexity index is 268. The van der Waals surface area contributed by atoms with E-state index < -0.39 is 0 Å². The van der Waals surface area contributed by atoms with Crippen molar-refractivity contribution >= 4 is 0 Å². The van der Waals surface area contributed by atoms with E-state index in [1.165, 1.54) is 25.7 Å². The fourth-order valence-corrected chi connectivity index (χ4v) is 1.55. The number of unbranched alkanes of at least 4 members (excludes halogenated alkanes) is 3. The number of aromatic nitrogens is 2. The second-order valence-electron chi connectivity index (χ2n) is 3.70. The van der Waals surface area contributed by atoms with Gasteiger partial charge >= 0.3 is 0 Å². The molecule has 0 radical (unpaired) electrons. The van der Waals surface area contributed by atoms with Crippen LogP contribution in [0.5, 0.6) is 0 Å². The van der Waals surface area contributed by atoms with Gasteiger partial charge in [0.25, 0.3) is 0 Å². The van der Waals surface area contributed by atoms with Gasteiger partial charge in [0.05, 0.1) is 6.54 Å². The summed E-state index contributed by atoms with van der Waals surface area (Å²) in [4.78, 5) is 0. The molecule has 0 spiro atoms. The Morgan fingerprint density at radius 3 is 2.80 bits per heavy atom. The summed E-state index contributed by atoms with van der Waals surface area (Å²) < 4.78 is 4.39. The van der Waals surface area contributed by atoms with Gasteiger partial charge in [-0.3, -0.25) is 0 Å². The zero-order valence-corrected chi connectivity index (χ0v) is 10.3. The Kier molecular flexibility index (Phi) is 8.11. The van der Waals surface area contributed by atoms with Gasteiger partial charge in [-0.25, -0.2) is 9.13 Å². The van der Waals surface area contributed by atoms with E-state index in [1.54, 1.807) is 0 Å². The van der Waals surface area contributed by atoms with E-state index in [4.69, 9.17) is 0 Å². The molecular weight excluding hydrogens is 208 g/mol. The number of halogens is 1. The van der Waals surface area contributed by atoms with Crippen molar-refractivity contribution in [3.8, 4) is 0 Å². The number of aryl methyl sites for hydroxylation is 1. The maximum absolute atomic E-state index is 3.72. The summed E-state index contributed by atoms with van der Waals surface area (Å²) in [6.45, 7) is 8.01. The highest BCUT2D eigenvalue weighted by Gasteiger charge is 2.00. The van der Waals surface area contributed by atoms with E-state index in [0.717, 1.165) is 13.1 Å². The van der Waals surface area contributed by atoms with Gasteiger partial charge in [-0.15, -0.1) is 0 Å². The Labute approximate surface area is 99.0 Å². The lowest BCUT2D eigenvalue weighted by atomic mass is 10.2. The standard InChI is InChI=1S/C12H21N2.ClH/c1-3-5-6-7-9-14-11-10-13(12-14)8-4-2;/h4,10-12H,2-3,5-9H2,1H3;1H/q+1;/p-1. The van der Waals surface area contributed by atoms with Gasteiger partial charge in [-0.05, 0) is 12.8 Å². The number of nitrogens with zero attached hydrogens (tertiary/aromatic N) is 2. The summed E-state index contributed by atoms with van der Waals surface area (Å²) in [7, 11) is 0. The lowest BCUT2D eigenvalue weighted by Crippen LogP contribution is -3.00. The molecule has 1 aromatic rings. The smallest absolute Gasteiger partial charge is 0.244 e. The van der Waals surface area contributed by atoms with Crippen LogP contribution in [0.2, 0.25) is 0 Å². The number of hydrogen-bond acceptors (Lipinski definition) is 0. The van der Waals surface area contributed by atoms with Crippen molar-refractivity contribution in [1.82, 2.24) is 4.57 Å². The van der Waals surface area contributed by atoms with Crippen molar-refractivity contribution < 1.29 is 17.0 Å². The normalized spacial score (nSPS) is 9.67. The molecule has 15 heavy (non-hydrogen) atoms. The maximum atomic E-state index is 3.72. The average molecular weight is 229 g/mol. The maximum Gasteiger partial charge on any atom is 0.244 e. The quantitative estimate of drug-likeness (QED) is 0.340. The fourth-order valence-electron chi connectivity index (χ4n) is 1.55. The van der Waals surface area contributed by atoms with Crippen LogP contribution in [0.15, 0.2) is 31.4 Å². The van der Waals surface area contributed by atoms with Crippen molar-refractivity contribution in [2.45, 2.75) is 45.7 Å². The average Bonchev–Trinajstić information content (AvgIpc) is 2.61. The van der Waals surface area contributed by atoms with Gasteiger partial charge in [0.1, 0.15) is 18.9 Å². The fraction of sp³-hybridized carbons (Fsp3) is 0.583. The third-order valence-corrected chi connectivity index (χ3v) is 2.36. The molecule has 1 rings (SSSR count). The molecule has 0 fully saturated rings. The summed E-state index contributed by atoms with van der Waals surface area (Å²) >= 11 is 0. The van der Waals surface area contributed by atoms with Gasteiger partial charge in [-0.1, -0.05) is 32.4 Å². The van der Waals surface area contributed by atoms with E-state index in [9.17, 15) is 0 Å². The summed E-state index contributed by atoms with van der Waals surface area (Å²) in [6, 6.07) is 0. The molecule has 0 aromatic carbocycles. The summed E-state index contributed by atoms with van der Waals surface area (Å²) in [5.74, 6) is 0. The third kappa shape index (κ3) is 5.63. The SMILES string of the molecule is C=CCn1cc[n+](CCCCCC)c1.[Cl-]. The Morgan fingerprint density at radius 1 is 1.33 bits per heavy atom. The van der Waals surface area contributed by atoms with Crippen LogP contribution in [-0.2, 0) is 13.1 Å². The summed E-state index contributed by atoms with van der Waals surface area (Å²) in [5.41, 5.74) is 0. The minimum absolute atomic E-state index is 0. The lowest BCUT2D eigenvalue weighted by molar-refractivity contribution is -0.696. The van der Waals surface area contributed by atoms with Crippen LogP contribution in [0.3, 0.4) is 0 Å². The molecule has 0 unspecified atom stereocenters. The molecule has 0 amide bonds.